The summed E-state index contributed by atoms with van der Waals surface area (Å²) in [7, 11) is 3.22. The molecule has 0 atom stereocenters. The fourth-order valence-corrected chi connectivity index (χ4v) is 3.96. The first-order valence-electron chi connectivity index (χ1n) is 9.77. The normalized spacial score (nSPS) is 19.7. The van der Waals surface area contributed by atoms with E-state index in [0.29, 0.717) is 30.3 Å². The number of carbonyl (C=O) groups is 1. The maximum absolute atomic E-state index is 11.8. The number of amides is 1. The van der Waals surface area contributed by atoms with Gasteiger partial charge in [-0.15, -0.1) is 0 Å². The molecule has 8 nitrogen and oxygen atoms in total. The summed E-state index contributed by atoms with van der Waals surface area (Å²) in [4.78, 5) is 25.3. The van der Waals surface area contributed by atoms with Gasteiger partial charge in [-0.3, -0.25) is 0 Å². The van der Waals surface area contributed by atoms with Gasteiger partial charge in [0.1, 0.15) is 5.82 Å². The van der Waals surface area contributed by atoms with E-state index in [-0.39, 0.29) is 6.09 Å². The molecule has 1 aromatic rings. The number of hydrogen-bond acceptors (Lipinski definition) is 7. The monoisotopic (exact) mass is 378 g/mol. The van der Waals surface area contributed by atoms with Gasteiger partial charge in [0, 0.05) is 25.0 Å². The Kier molecular flexibility index (Phi) is 6.71. The fraction of sp³-hybridized carbons (Fsp3) is 0.737. The van der Waals surface area contributed by atoms with Gasteiger partial charge in [0.2, 0.25) is 11.8 Å². The number of rotatable bonds is 5. The average Bonchev–Trinajstić information content (AvgIpc) is 2.73. The van der Waals surface area contributed by atoms with Gasteiger partial charge in [-0.1, -0.05) is 0 Å². The quantitative estimate of drug-likeness (QED) is 0.778. The number of piperidine rings is 2. The van der Waals surface area contributed by atoms with Crippen molar-refractivity contribution in [2.75, 3.05) is 47.0 Å². The molecule has 1 amide bonds. The summed E-state index contributed by atoms with van der Waals surface area (Å²) in [5.74, 6) is 2.23. The van der Waals surface area contributed by atoms with Crippen LogP contribution in [0.4, 0.5) is 4.79 Å². The van der Waals surface area contributed by atoms with Gasteiger partial charge < -0.3 is 24.0 Å². The summed E-state index contributed by atoms with van der Waals surface area (Å²) in [6.45, 7) is 5.88. The van der Waals surface area contributed by atoms with Crippen LogP contribution in [0.5, 0.6) is 11.8 Å². The Hall–Kier alpha value is -2.09. The topological polar surface area (TPSA) is 77.0 Å². The lowest BCUT2D eigenvalue weighted by molar-refractivity contribution is 0.0658. The Bertz CT molecular complexity index is 604. The van der Waals surface area contributed by atoms with Crippen LogP contribution in [0.25, 0.3) is 0 Å². The van der Waals surface area contributed by atoms with Crippen LogP contribution in [0.1, 0.15) is 44.3 Å². The summed E-state index contributed by atoms with van der Waals surface area (Å²) in [5.41, 5.74) is 0. The van der Waals surface area contributed by atoms with Crippen LogP contribution in [0, 0.1) is 0 Å². The number of likely N-dealkylation sites (tertiary alicyclic amines) is 2. The number of carbonyl (C=O) groups excluding carboxylic acids is 1. The van der Waals surface area contributed by atoms with E-state index in [2.05, 4.69) is 14.9 Å². The molecule has 0 aliphatic carbocycles. The van der Waals surface area contributed by atoms with Crippen molar-refractivity contribution in [2.45, 2.75) is 44.6 Å². The van der Waals surface area contributed by atoms with Gasteiger partial charge in [0.25, 0.3) is 0 Å². The van der Waals surface area contributed by atoms with Crippen LogP contribution in [-0.4, -0.2) is 78.9 Å². The minimum absolute atomic E-state index is 0.182. The minimum Gasteiger partial charge on any atom is -0.481 e. The third kappa shape index (κ3) is 4.80. The standard InChI is InChI=1S/C19H30N4O4/c1-4-27-19(24)23-11-7-15(8-12-23)22-9-5-14(6-10-22)18-20-16(25-2)13-17(21-18)26-3/h13-15H,4-12H2,1-3H3. The summed E-state index contributed by atoms with van der Waals surface area (Å²) in [5, 5.41) is 0. The summed E-state index contributed by atoms with van der Waals surface area (Å²) in [6, 6.07) is 2.24. The summed E-state index contributed by atoms with van der Waals surface area (Å²) < 4.78 is 15.6. The van der Waals surface area contributed by atoms with Crippen molar-refractivity contribution in [3.05, 3.63) is 11.9 Å². The number of hydrogen-bond donors (Lipinski definition) is 0. The van der Waals surface area contributed by atoms with E-state index < -0.39 is 0 Å². The highest BCUT2D eigenvalue weighted by molar-refractivity contribution is 5.67. The van der Waals surface area contributed by atoms with Crippen molar-refractivity contribution in [3.63, 3.8) is 0 Å². The van der Waals surface area contributed by atoms with Gasteiger partial charge in [0.15, 0.2) is 0 Å². The molecule has 0 radical (unpaired) electrons. The zero-order valence-corrected chi connectivity index (χ0v) is 16.5. The SMILES string of the molecule is CCOC(=O)N1CCC(N2CCC(c3nc(OC)cc(OC)n3)CC2)CC1. The summed E-state index contributed by atoms with van der Waals surface area (Å²) in [6.07, 6.45) is 3.88. The number of aromatic nitrogens is 2. The highest BCUT2D eigenvalue weighted by Gasteiger charge is 2.31. The molecule has 2 aliphatic rings. The van der Waals surface area contributed by atoms with Crippen molar-refractivity contribution >= 4 is 6.09 Å². The van der Waals surface area contributed by atoms with Crippen LogP contribution in [0.15, 0.2) is 6.07 Å². The lowest BCUT2D eigenvalue weighted by Gasteiger charge is -2.41. The molecule has 0 saturated carbocycles. The van der Waals surface area contributed by atoms with Crippen molar-refractivity contribution in [1.29, 1.82) is 0 Å². The molecule has 2 saturated heterocycles. The molecular formula is C19H30N4O4. The van der Waals surface area contributed by atoms with Gasteiger partial charge in [-0.2, -0.15) is 9.97 Å². The first-order valence-corrected chi connectivity index (χ1v) is 9.77. The van der Waals surface area contributed by atoms with E-state index in [1.807, 2.05) is 11.8 Å². The van der Waals surface area contributed by atoms with E-state index >= 15 is 0 Å². The number of ether oxygens (including phenoxy) is 3. The fourth-order valence-electron chi connectivity index (χ4n) is 3.96. The molecular weight excluding hydrogens is 348 g/mol. The second kappa shape index (κ2) is 9.21. The van der Waals surface area contributed by atoms with E-state index in [1.54, 1.807) is 20.3 Å². The van der Waals surface area contributed by atoms with Crippen LogP contribution >= 0.6 is 0 Å². The molecule has 2 aliphatic heterocycles. The maximum Gasteiger partial charge on any atom is 0.409 e. The molecule has 27 heavy (non-hydrogen) atoms. The molecule has 3 rings (SSSR count). The molecule has 0 N–H and O–H groups in total. The van der Waals surface area contributed by atoms with Gasteiger partial charge >= 0.3 is 6.09 Å². The van der Waals surface area contributed by atoms with E-state index in [9.17, 15) is 4.79 Å². The highest BCUT2D eigenvalue weighted by atomic mass is 16.6. The predicted molar refractivity (Wildman–Crippen MR) is 100 cm³/mol. The van der Waals surface area contributed by atoms with Crippen LogP contribution < -0.4 is 9.47 Å². The van der Waals surface area contributed by atoms with Crippen LogP contribution in [0.2, 0.25) is 0 Å². The molecule has 8 heteroatoms. The van der Waals surface area contributed by atoms with E-state index in [4.69, 9.17) is 14.2 Å². The van der Waals surface area contributed by atoms with Crippen molar-refractivity contribution in [2.24, 2.45) is 0 Å². The van der Waals surface area contributed by atoms with Gasteiger partial charge in [0.05, 0.1) is 26.9 Å². The van der Waals surface area contributed by atoms with Gasteiger partial charge in [-0.25, -0.2) is 4.79 Å². The Morgan fingerprint density at radius 2 is 1.63 bits per heavy atom. The maximum atomic E-state index is 11.8. The zero-order chi connectivity index (χ0) is 19.2. The third-order valence-electron chi connectivity index (χ3n) is 5.52. The van der Waals surface area contributed by atoms with E-state index in [1.165, 1.54) is 0 Å². The molecule has 1 aromatic heterocycles. The Morgan fingerprint density at radius 1 is 1.04 bits per heavy atom. The Morgan fingerprint density at radius 3 is 2.15 bits per heavy atom. The first-order chi connectivity index (χ1) is 13.1. The van der Waals surface area contributed by atoms with Gasteiger partial charge in [-0.05, 0) is 45.7 Å². The van der Waals surface area contributed by atoms with Crippen molar-refractivity contribution in [3.8, 4) is 11.8 Å². The molecule has 0 spiro atoms. The molecule has 0 bridgehead atoms. The van der Waals surface area contributed by atoms with Crippen LogP contribution in [0.3, 0.4) is 0 Å². The van der Waals surface area contributed by atoms with Crippen molar-refractivity contribution < 1.29 is 19.0 Å². The second-order valence-electron chi connectivity index (χ2n) is 7.04. The Labute approximate surface area is 160 Å². The number of methoxy groups -OCH3 is 2. The average molecular weight is 378 g/mol. The first kappa shape index (κ1) is 19.7. The minimum atomic E-state index is -0.182. The second-order valence-corrected chi connectivity index (χ2v) is 7.04. The van der Waals surface area contributed by atoms with Crippen LogP contribution in [-0.2, 0) is 4.74 Å². The zero-order valence-electron chi connectivity index (χ0n) is 16.5. The summed E-state index contributed by atoms with van der Waals surface area (Å²) >= 11 is 0. The van der Waals surface area contributed by atoms with E-state index in [0.717, 1.165) is 57.7 Å². The molecule has 150 valence electrons. The Balaban J connectivity index is 1.52. The lowest BCUT2D eigenvalue weighted by atomic mass is 9.93. The third-order valence-corrected chi connectivity index (χ3v) is 5.52. The largest absolute Gasteiger partial charge is 0.481 e. The molecule has 3 heterocycles. The van der Waals surface area contributed by atoms with Crippen molar-refractivity contribution in [1.82, 2.24) is 19.8 Å². The number of nitrogens with zero attached hydrogens (tertiary/aromatic N) is 4. The highest BCUT2D eigenvalue weighted by Crippen LogP contribution is 2.31. The molecule has 2 fully saturated rings. The smallest absolute Gasteiger partial charge is 0.409 e. The molecule has 0 unspecified atom stereocenters. The predicted octanol–water partition coefficient (Wildman–Crippen LogP) is 2.29. The lowest BCUT2D eigenvalue weighted by Crippen LogP contribution is -2.49. The molecule has 0 aromatic carbocycles.